The predicted octanol–water partition coefficient (Wildman–Crippen LogP) is 1.05. The SMILES string of the molecule is COCC(CO)NC(C)c1cccc(O)c1. The maximum Gasteiger partial charge on any atom is 0.115 e. The van der Waals surface area contributed by atoms with E-state index in [0.29, 0.717) is 6.61 Å². The number of aliphatic hydroxyl groups excluding tert-OH is 1. The van der Waals surface area contributed by atoms with E-state index in [1.54, 1.807) is 25.3 Å². The van der Waals surface area contributed by atoms with Gasteiger partial charge < -0.3 is 20.3 Å². The smallest absolute Gasteiger partial charge is 0.115 e. The van der Waals surface area contributed by atoms with Gasteiger partial charge in [-0.05, 0) is 24.6 Å². The van der Waals surface area contributed by atoms with Gasteiger partial charge in [0.1, 0.15) is 5.75 Å². The molecule has 0 spiro atoms. The van der Waals surface area contributed by atoms with E-state index in [1.165, 1.54) is 0 Å². The molecule has 0 saturated carbocycles. The molecular weight excluding hydrogens is 206 g/mol. The Hall–Kier alpha value is -1.10. The zero-order chi connectivity index (χ0) is 12.0. The Morgan fingerprint density at radius 1 is 1.44 bits per heavy atom. The highest BCUT2D eigenvalue weighted by Crippen LogP contribution is 2.18. The Kier molecular flexibility index (Phi) is 5.25. The lowest BCUT2D eigenvalue weighted by molar-refractivity contribution is 0.123. The topological polar surface area (TPSA) is 61.7 Å². The van der Waals surface area contributed by atoms with Crippen LogP contribution < -0.4 is 5.32 Å². The van der Waals surface area contributed by atoms with Crippen LogP contribution in [0.15, 0.2) is 24.3 Å². The van der Waals surface area contributed by atoms with E-state index in [9.17, 15) is 5.11 Å². The van der Waals surface area contributed by atoms with Crippen LogP contribution in [-0.2, 0) is 4.74 Å². The van der Waals surface area contributed by atoms with E-state index in [4.69, 9.17) is 9.84 Å². The summed E-state index contributed by atoms with van der Waals surface area (Å²) in [6.45, 7) is 2.46. The zero-order valence-corrected chi connectivity index (χ0v) is 9.68. The van der Waals surface area contributed by atoms with Crippen LogP contribution in [0.3, 0.4) is 0 Å². The highest BCUT2D eigenvalue weighted by atomic mass is 16.5. The largest absolute Gasteiger partial charge is 0.508 e. The van der Waals surface area contributed by atoms with Crippen molar-refractivity contribution in [2.45, 2.75) is 19.0 Å². The molecule has 0 saturated heterocycles. The molecular formula is C12H19NO3. The first-order valence-corrected chi connectivity index (χ1v) is 5.32. The lowest BCUT2D eigenvalue weighted by Crippen LogP contribution is -2.38. The molecule has 0 aliphatic heterocycles. The number of phenols is 1. The molecule has 2 unspecified atom stereocenters. The molecule has 0 aliphatic carbocycles. The Bertz CT molecular complexity index is 317. The molecule has 0 heterocycles. The van der Waals surface area contributed by atoms with E-state index in [-0.39, 0.29) is 24.4 Å². The molecule has 4 heteroatoms. The third-order valence-electron chi connectivity index (χ3n) is 2.44. The second-order valence-corrected chi connectivity index (χ2v) is 3.82. The number of ether oxygens (including phenoxy) is 1. The van der Waals surface area contributed by atoms with Crippen molar-refractivity contribution in [2.75, 3.05) is 20.3 Å². The van der Waals surface area contributed by atoms with Crippen LogP contribution in [0.25, 0.3) is 0 Å². The van der Waals surface area contributed by atoms with Crippen molar-refractivity contribution in [2.24, 2.45) is 0 Å². The third kappa shape index (κ3) is 3.81. The number of methoxy groups -OCH3 is 1. The summed E-state index contributed by atoms with van der Waals surface area (Å²) in [5, 5.41) is 21.7. The van der Waals surface area contributed by atoms with Crippen molar-refractivity contribution < 1.29 is 14.9 Å². The first kappa shape index (κ1) is 13.0. The van der Waals surface area contributed by atoms with Crippen LogP contribution in [0.2, 0.25) is 0 Å². The second kappa shape index (κ2) is 6.48. The number of nitrogens with one attached hydrogen (secondary N) is 1. The average molecular weight is 225 g/mol. The fourth-order valence-corrected chi connectivity index (χ4v) is 1.60. The maximum absolute atomic E-state index is 9.35. The van der Waals surface area contributed by atoms with Crippen molar-refractivity contribution in [3.05, 3.63) is 29.8 Å². The van der Waals surface area contributed by atoms with Crippen molar-refractivity contribution in [1.29, 1.82) is 0 Å². The number of hydrogen-bond donors (Lipinski definition) is 3. The molecule has 0 fully saturated rings. The lowest BCUT2D eigenvalue weighted by Gasteiger charge is -2.21. The minimum absolute atomic E-state index is 0.0248. The second-order valence-electron chi connectivity index (χ2n) is 3.82. The average Bonchev–Trinajstić information content (AvgIpc) is 2.28. The Morgan fingerprint density at radius 3 is 2.75 bits per heavy atom. The minimum atomic E-state index is -0.0950. The normalized spacial score (nSPS) is 14.7. The zero-order valence-electron chi connectivity index (χ0n) is 9.68. The summed E-state index contributed by atoms with van der Waals surface area (Å²) in [5.74, 6) is 0.249. The summed E-state index contributed by atoms with van der Waals surface area (Å²) in [6.07, 6.45) is 0. The van der Waals surface area contributed by atoms with Gasteiger partial charge in [0.25, 0.3) is 0 Å². The highest BCUT2D eigenvalue weighted by molar-refractivity contribution is 5.29. The van der Waals surface area contributed by atoms with E-state index >= 15 is 0 Å². The number of phenolic OH excluding ortho intramolecular Hbond substituents is 1. The Labute approximate surface area is 95.9 Å². The molecule has 0 radical (unpaired) electrons. The van der Waals surface area contributed by atoms with Gasteiger partial charge in [0.2, 0.25) is 0 Å². The molecule has 4 nitrogen and oxygen atoms in total. The van der Waals surface area contributed by atoms with Gasteiger partial charge in [0, 0.05) is 13.2 Å². The van der Waals surface area contributed by atoms with Gasteiger partial charge in [0.15, 0.2) is 0 Å². The number of rotatable bonds is 6. The van der Waals surface area contributed by atoms with Gasteiger partial charge in [-0.15, -0.1) is 0 Å². The first-order chi connectivity index (χ1) is 7.67. The molecule has 1 rings (SSSR count). The quantitative estimate of drug-likeness (QED) is 0.677. The minimum Gasteiger partial charge on any atom is -0.508 e. The van der Waals surface area contributed by atoms with Gasteiger partial charge in [0.05, 0.1) is 19.3 Å². The van der Waals surface area contributed by atoms with E-state index in [2.05, 4.69) is 5.32 Å². The Morgan fingerprint density at radius 2 is 2.19 bits per heavy atom. The van der Waals surface area contributed by atoms with Crippen molar-refractivity contribution >= 4 is 0 Å². The third-order valence-corrected chi connectivity index (χ3v) is 2.44. The number of benzene rings is 1. The van der Waals surface area contributed by atoms with Crippen LogP contribution in [-0.4, -0.2) is 36.6 Å². The molecule has 1 aromatic rings. The molecule has 1 aromatic carbocycles. The van der Waals surface area contributed by atoms with Gasteiger partial charge in [-0.25, -0.2) is 0 Å². The van der Waals surface area contributed by atoms with Crippen LogP contribution in [0.4, 0.5) is 0 Å². The summed E-state index contributed by atoms with van der Waals surface area (Å²) in [7, 11) is 1.60. The van der Waals surface area contributed by atoms with Crippen molar-refractivity contribution in [1.82, 2.24) is 5.32 Å². The fourth-order valence-electron chi connectivity index (χ4n) is 1.60. The lowest BCUT2D eigenvalue weighted by atomic mass is 10.1. The monoisotopic (exact) mass is 225 g/mol. The van der Waals surface area contributed by atoms with Crippen LogP contribution in [0, 0.1) is 0 Å². The molecule has 0 aromatic heterocycles. The number of aromatic hydroxyl groups is 1. The van der Waals surface area contributed by atoms with Crippen LogP contribution >= 0.6 is 0 Å². The first-order valence-electron chi connectivity index (χ1n) is 5.32. The summed E-state index contributed by atoms with van der Waals surface area (Å²) in [5.41, 5.74) is 0.981. The summed E-state index contributed by atoms with van der Waals surface area (Å²) in [6, 6.07) is 7.03. The standard InChI is InChI=1S/C12H19NO3/c1-9(13-11(7-14)8-16-2)10-4-3-5-12(15)6-10/h3-6,9,11,13-15H,7-8H2,1-2H3. The van der Waals surface area contributed by atoms with Crippen molar-refractivity contribution in [3.63, 3.8) is 0 Å². The molecule has 0 bridgehead atoms. The predicted molar refractivity (Wildman–Crippen MR) is 62.4 cm³/mol. The van der Waals surface area contributed by atoms with Crippen LogP contribution in [0.5, 0.6) is 5.75 Å². The molecule has 2 atom stereocenters. The van der Waals surface area contributed by atoms with E-state index in [0.717, 1.165) is 5.56 Å². The van der Waals surface area contributed by atoms with Gasteiger partial charge in [-0.2, -0.15) is 0 Å². The van der Waals surface area contributed by atoms with Gasteiger partial charge in [-0.1, -0.05) is 12.1 Å². The van der Waals surface area contributed by atoms with Gasteiger partial charge in [-0.3, -0.25) is 0 Å². The molecule has 0 aliphatic rings. The van der Waals surface area contributed by atoms with Crippen molar-refractivity contribution in [3.8, 4) is 5.75 Å². The van der Waals surface area contributed by atoms with E-state index in [1.807, 2.05) is 13.0 Å². The maximum atomic E-state index is 9.35. The number of hydrogen-bond acceptors (Lipinski definition) is 4. The molecule has 90 valence electrons. The fraction of sp³-hybridized carbons (Fsp3) is 0.500. The summed E-state index contributed by atoms with van der Waals surface area (Å²) >= 11 is 0. The summed E-state index contributed by atoms with van der Waals surface area (Å²) in [4.78, 5) is 0. The van der Waals surface area contributed by atoms with Crippen LogP contribution in [0.1, 0.15) is 18.5 Å². The summed E-state index contributed by atoms with van der Waals surface area (Å²) < 4.78 is 4.98. The van der Waals surface area contributed by atoms with Gasteiger partial charge >= 0.3 is 0 Å². The molecule has 16 heavy (non-hydrogen) atoms. The Balaban J connectivity index is 2.60. The number of aliphatic hydroxyl groups is 1. The highest BCUT2D eigenvalue weighted by Gasteiger charge is 2.12. The molecule has 3 N–H and O–H groups in total. The molecule has 0 amide bonds. The van der Waals surface area contributed by atoms with E-state index < -0.39 is 0 Å².